The van der Waals surface area contributed by atoms with Gasteiger partial charge in [0.15, 0.2) is 6.10 Å². The molecule has 0 radical (unpaired) electrons. The molecule has 0 aliphatic carbocycles. The Bertz CT molecular complexity index is 952. The maximum Gasteiger partial charge on any atom is 0.472 e. The van der Waals surface area contributed by atoms with Gasteiger partial charge >= 0.3 is 19.8 Å². The summed E-state index contributed by atoms with van der Waals surface area (Å²) < 4.78 is 32.6. The van der Waals surface area contributed by atoms with Crippen LogP contribution in [0.5, 0.6) is 0 Å². The molecular weight excluding hydrogens is 671 g/mol. The number of esters is 2. The van der Waals surface area contributed by atoms with Crippen molar-refractivity contribution in [1.82, 2.24) is 0 Å². The summed E-state index contributed by atoms with van der Waals surface area (Å²) in [6, 6.07) is 0. The minimum absolute atomic E-state index is 0.165. The number of allylic oxidation sites excluding steroid dienone is 6. The van der Waals surface area contributed by atoms with Crippen molar-refractivity contribution in [2.45, 2.75) is 180 Å². The first kappa shape index (κ1) is 49.2. The van der Waals surface area contributed by atoms with Crippen molar-refractivity contribution in [2.75, 3.05) is 26.4 Å². The molecule has 0 saturated carbocycles. The largest absolute Gasteiger partial charge is 0.472 e. The molecule has 3 N–H and O–H groups in total. The van der Waals surface area contributed by atoms with Crippen LogP contribution in [0.4, 0.5) is 0 Å². The Kier molecular flexibility index (Phi) is 35.2. The van der Waals surface area contributed by atoms with Gasteiger partial charge in [-0.15, -0.1) is 0 Å². The Labute approximate surface area is 310 Å². The van der Waals surface area contributed by atoms with Crippen molar-refractivity contribution in [1.29, 1.82) is 0 Å². The standard InChI is InChI=1S/C40H73O10P/c1-3-5-7-9-11-13-15-17-18-20-22-24-26-28-30-32-40(44)50-38(36-49-51(45,46)48-34-37(42)33-41)35-47-39(43)31-29-27-25-23-21-19-16-14-12-10-8-6-4-2/h11,13,17-19,21,37-38,41-42H,3-10,12,14-16,20,22-36H2,1-2H3,(H,45,46)/b13-11+,18-17+,21-19+/t37-,38+/m0/s1. The second kappa shape index (κ2) is 36.5. The fourth-order valence-electron chi connectivity index (χ4n) is 5.13. The van der Waals surface area contributed by atoms with Crippen LogP contribution >= 0.6 is 7.82 Å². The van der Waals surface area contributed by atoms with Gasteiger partial charge in [-0.3, -0.25) is 18.6 Å². The third-order valence-corrected chi connectivity index (χ3v) is 9.22. The molecule has 1 unspecified atom stereocenters. The Morgan fingerprint density at radius 3 is 1.59 bits per heavy atom. The van der Waals surface area contributed by atoms with Gasteiger partial charge in [-0.1, -0.05) is 121 Å². The predicted octanol–water partition coefficient (Wildman–Crippen LogP) is 10.00. The maximum absolute atomic E-state index is 12.6. The van der Waals surface area contributed by atoms with Crippen LogP contribution in [0.15, 0.2) is 36.5 Å². The highest BCUT2D eigenvalue weighted by atomic mass is 31.2. The van der Waals surface area contributed by atoms with Gasteiger partial charge in [0.2, 0.25) is 0 Å². The number of aliphatic hydroxyl groups excluding tert-OH is 2. The lowest BCUT2D eigenvalue weighted by Crippen LogP contribution is -2.29. The van der Waals surface area contributed by atoms with E-state index in [1.165, 1.54) is 57.8 Å². The van der Waals surface area contributed by atoms with Crippen molar-refractivity contribution in [3.63, 3.8) is 0 Å². The van der Waals surface area contributed by atoms with Crippen molar-refractivity contribution in [3.8, 4) is 0 Å². The Morgan fingerprint density at radius 2 is 1.02 bits per heavy atom. The Hall–Kier alpha value is -1.81. The van der Waals surface area contributed by atoms with Gasteiger partial charge in [-0.25, -0.2) is 4.57 Å². The summed E-state index contributed by atoms with van der Waals surface area (Å²) in [4.78, 5) is 34.8. The first-order chi connectivity index (χ1) is 24.7. The van der Waals surface area contributed by atoms with Crippen LogP contribution in [-0.2, 0) is 32.7 Å². The Morgan fingerprint density at radius 1 is 0.588 bits per heavy atom. The number of hydrogen-bond acceptors (Lipinski definition) is 9. The second-order valence-corrected chi connectivity index (χ2v) is 14.8. The number of carbonyl (C=O) groups is 2. The van der Waals surface area contributed by atoms with Crippen LogP contribution in [0.25, 0.3) is 0 Å². The van der Waals surface area contributed by atoms with E-state index in [4.69, 9.17) is 19.1 Å². The number of carbonyl (C=O) groups excluding carboxylic acids is 2. The Balaban J connectivity index is 4.40. The summed E-state index contributed by atoms with van der Waals surface area (Å²) in [7, 11) is -4.62. The summed E-state index contributed by atoms with van der Waals surface area (Å²) in [5, 5.41) is 18.3. The summed E-state index contributed by atoms with van der Waals surface area (Å²) in [5.74, 6) is -0.961. The molecule has 51 heavy (non-hydrogen) atoms. The molecule has 0 aromatic rings. The van der Waals surface area contributed by atoms with Gasteiger partial charge < -0.3 is 24.6 Å². The van der Waals surface area contributed by atoms with E-state index >= 15 is 0 Å². The predicted molar refractivity (Wildman–Crippen MR) is 205 cm³/mol. The quantitative estimate of drug-likeness (QED) is 0.0243. The minimum Gasteiger partial charge on any atom is -0.462 e. The zero-order chi connectivity index (χ0) is 37.7. The summed E-state index contributed by atoms with van der Waals surface area (Å²) in [6.45, 7) is 2.30. The number of rotatable bonds is 37. The molecule has 10 nitrogen and oxygen atoms in total. The summed E-state index contributed by atoms with van der Waals surface area (Å²) >= 11 is 0. The lowest BCUT2D eigenvalue weighted by atomic mass is 10.1. The molecule has 0 aliphatic rings. The third kappa shape index (κ3) is 36.3. The van der Waals surface area contributed by atoms with E-state index < -0.39 is 51.8 Å². The molecule has 298 valence electrons. The first-order valence-electron chi connectivity index (χ1n) is 19.9. The van der Waals surface area contributed by atoms with E-state index in [0.717, 1.165) is 70.6 Å². The number of aliphatic hydroxyl groups is 2. The fraction of sp³-hybridized carbons (Fsp3) is 0.800. The monoisotopic (exact) mass is 744 g/mol. The van der Waals surface area contributed by atoms with Crippen LogP contribution in [0.2, 0.25) is 0 Å². The number of unbranched alkanes of at least 4 members (excludes halogenated alkanes) is 17. The molecule has 0 spiro atoms. The van der Waals surface area contributed by atoms with Crippen LogP contribution in [0.1, 0.15) is 168 Å². The van der Waals surface area contributed by atoms with Crippen LogP contribution in [0.3, 0.4) is 0 Å². The number of hydrogen-bond donors (Lipinski definition) is 3. The van der Waals surface area contributed by atoms with E-state index in [9.17, 15) is 24.2 Å². The second-order valence-electron chi connectivity index (χ2n) is 13.3. The van der Waals surface area contributed by atoms with Gasteiger partial charge in [0.1, 0.15) is 12.7 Å². The maximum atomic E-state index is 12.6. The van der Waals surface area contributed by atoms with Crippen molar-refractivity contribution < 1.29 is 47.8 Å². The summed E-state index contributed by atoms with van der Waals surface area (Å²) in [6.07, 6.45) is 35.4. The van der Waals surface area contributed by atoms with Gasteiger partial charge in [0, 0.05) is 12.8 Å². The van der Waals surface area contributed by atoms with E-state index in [0.29, 0.717) is 12.8 Å². The number of phosphoric acid groups is 1. The van der Waals surface area contributed by atoms with Gasteiger partial charge in [-0.2, -0.15) is 0 Å². The van der Waals surface area contributed by atoms with Crippen molar-refractivity contribution >= 4 is 19.8 Å². The van der Waals surface area contributed by atoms with Gasteiger partial charge in [-0.05, 0) is 70.6 Å². The zero-order valence-corrected chi connectivity index (χ0v) is 33.0. The van der Waals surface area contributed by atoms with Crippen LogP contribution in [0, 0.1) is 0 Å². The highest BCUT2D eigenvalue weighted by molar-refractivity contribution is 7.47. The highest BCUT2D eigenvalue weighted by Crippen LogP contribution is 2.43. The molecule has 0 fully saturated rings. The molecule has 11 heteroatoms. The fourth-order valence-corrected chi connectivity index (χ4v) is 5.92. The molecule has 0 amide bonds. The lowest BCUT2D eigenvalue weighted by molar-refractivity contribution is -0.161. The topological polar surface area (TPSA) is 149 Å². The van der Waals surface area contributed by atoms with Gasteiger partial charge in [0.05, 0.1) is 19.8 Å². The molecular formula is C40H73O10P. The summed E-state index contributed by atoms with van der Waals surface area (Å²) in [5.41, 5.74) is 0. The molecule has 0 aliphatic heterocycles. The molecule has 0 rings (SSSR count). The minimum atomic E-state index is -4.62. The smallest absolute Gasteiger partial charge is 0.462 e. The average Bonchev–Trinajstić information content (AvgIpc) is 3.12. The van der Waals surface area contributed by atoms with E-state index in [1.807, 2.05) is 0 Å². The molecule has 0 bridgehead atoms. The number of phosphoric ester groups is 1. The van der Waals surface area contributed by atoms with Crippen molar-refractivity contribution in [3.05, 3.63) is 36.5 Å². The molecule has 0 aromatic carbocycles. The molecule has 0 heterocycles. The normalized spacial score (nSPS) is 14.4. The zero-order valence-electron chi connectivity index (χ0n) is 32.1. The van der Waals surface area contributed by atoms with Crippen molar-refractivity contribution in [2.24, 2.45) is 0 Å². The van der Waals surface area contributed by atoms with Crippen LogP contribution in [-0.4, -0.2) is 65.7 Å². The molecule has 0 saturated heterocycles. The highest BCUT2D eigenvalue weighted by Gasteiger charge is 2.27. The molecule has 0 aromatic heterocycles. The third-order valence-electron chi connectivity index (χ3n) is 8.27. The first-order valence-corrected chi connectivity index (χ1v) is 21.4. The van der Waals surface area contributed by atoms with Crippen LogP contribution < -0.4 is 0 Å². The van der Waals surface area contributed by atoms with E-state index in [1.54, 1.807) is 0 Å². The molecule has 3 atom stereocenters. The van der Waals surface area contributed by atoms with E-state index in [2.05, 4.69) is 54.8 Å². The lowest BCUT2D eigenvalue weighted by Gasteiger charge is -2.20. The van der Waals surface area contributed by atoms with Gasteiger partial charge in [0.25, 0.3) is 0 Å². The number of ether oxygens (including phenoxy) is 2. The average molecular weight is 745 g/mol. The SMILES string of the molecule is CCCCC/C=C/C/C=C/CCCCCCCC(=O)O[C@H](COC(=O)CCCCC/C=C/CCCCCCCC)COP(=O)(O)OC[C@@H](O)CO. The van der Waals surface area contributed by atoms with E-state index in [-0.39, 0.29) is 19.4 Å².